The predicted octanol–water partition coefficient (Wildman–Crippen LogP) is 8.12. The third kappa shape index (κ3) is 9.11. The molecule has 0 amide bonds. The van der Waals surface area contributed by atoms with Crippen LogP contribution in [0.1, 0.15) is 58.1 Å². The summed E-state index contributed by atoms with van der Waals surface area (Å²) in [5.74, 6) is -0.858. The second-order valence-corrected chi connectivity index (χ2v) is 17.4. The fraction of sp³-hybridized carbons (Fsp3) is 0.333. The number of hydrogen-bond acceptors (Lipinski definition) is 8. The molecule has 9 nitrogen and oxygen atoms in total. The molecule has 2 aromatic carbocycles. The number of alkyl halides is 6. The van der Waals surface area contributed by atoms with E-state index in [1.165, 1.54) is 38.1 Å². The molecule has 1 aliphatic rings. The van der Waals surface area contributed by atoms with E-state index in [2.05, 4.69) is 4.98 Å². The van der Waals surface area contributed by atoms with Crippen LogP contribution in [0.4, 0.5) is 30.7 Å². The lowest BCUT2D eigenvalue weighted by Gasteiger charge is -2.34. The molecule has 0 saturated heterocycles. The SMILES string of the molecule is CCN(C(c1ccc(F)cc1)C(F)(F)F)S(=O)(=O)c1sc(C2=CCOCC2)cc1CCN(C(c1ccccc1C)C(F)(F)F)S(=O)(=O)c1cncc(C#N)c1. The molecule has 2 atom stereocenters. The van der Waals surface area contributed by atoms with E-state index >= 15 is 13.2 Å². The van der Waals surface area contributed by atoms with Crippen molar-refractivity contribution in [2.24, 2.45) is 0 Å². The van der Waals surface area contributed by atoms with Gasteiger partial charge >= 0.3 is 12.4 Å². The van der Waals surface area contributed by atoms with Crippen LogP contribution in [-0.2, 0) is 31.2 Å². The number of pyridine rings is 1. The highest BCUT2D eigenvalue weighted by Gasteiger charge is 2.51. The van der Waals surface area contributed by atoms with Crippen LogP contribution in [0.15, 0.2) is 88.2 Å². The second kappa shape index (κ2) is 16.5. The molecule has 19 heteroatoms. The lowest BCUT2D eigenvalue weighted by atomic mass is 10.0. The normalized spacial score (nSPS) is 15.5. The summed E-state index contributed by atoms with van der Waals surface area (Å²) in [5, 5.41) is 9.39. The standard InChI is InChI=1S/C36H33F7N4O5S3/c1-3-46(32(35(38,39)40)26-8-10-28(37)11-9-26)55(50,51)34-27(19-31(53-34)25-13-16-52-17-14-25)12-15-47(54(48,49)29-18-24(20-44)21-45-22-29)33(36(41,42)43)30-7-5-4-6-23(30)2/h4-11,13,18-19,21-22,32-33H,3,12,14-17H2,1-2H3. The number of thiophene rings is 1. The van der Waals surface area contributed by atoms with Crippen molar-refractivity contribution in [3.8, 4) is 6.07 Å². The van der Waals surface area contributed by atoms with Crippen molar-refractivity contribution in [3.63, 3.8) is 0 Å². The number of sulfonamides is 2. The fourth-order valence-electron chi connectivity index (χ4n) is 6.24. The number of aromatic nitrogens is 1. The van der Waals surface area contributed by atoms with E-state index in [4.69, 9.17) is 4.74 Å². The van der Waals surface area contributed by atoms with Gasteiger partial charge in [0.1, 0.15) is 33.1 Å². The molecule has 0 saturated carbocycles. The minimum Gasteiger partial charge on any atom is -0.377 e. The lowest BCUT2D eigenvalue weighted by molar-refractivity contribution is -0.174. The molecule has 294 valence electrons. The van der Waals surface area contributed by atoms with Crippen LogP contribution in [0, 0.1) is 24.1 Å². The Hall–Kier alpha value is -4.19. The molecule has 55 heavy (non-hydrogen) atoms. The van der Waals surface area contributed by atoms with Crippen LogP contribution in [-0.4, -0.2) is 69.1 Å². The van der Waals surface area contributed by atoms with Crippen molar-refractivity contribution in [2.75, 3.05) is 26.3 Å². The Morgan fingerprint density at radius 2 is 1.60 bits per heavy atom. The average molecular weight is 831 g/mol. The molecule has 2 unspecified atom stereocenters. The van der Waals surface area contributed by atoms with E-state index in [-0.39, 0.29) is 49.8 Å². The van der Waals surface area contributed by atoms with Crippen molar-refractivity contribution in [1.29, 1.82) is 5.26 Å². The largest absolute Gasteiger partial charge is 0.409 e. The first-order valence-electron chi connectivity index (χ1n) is 16.5. The molecule has 2 aromatic heterocycles. The van der Waals surface area contributed by atoms with Crippen molar-refractivity contribution in [3.05, 3.63) is 118 Å². The van der Waals surface area contributed by atoms with Gasteiger partial charge in [-0.2, -0.15) is 40.2 Å². The minimum atomic E-state index is -5.24. The maximum absolute atomic E-state index is 15.2. The van der Waals surface area contributed by atoms with Crippen LogP contribution in [0.5, 0.6) is 0 Å². The molecule has 4 aromatic rings. The smallest absolute Gasteiger partial charge is 0.377 e. The Morgan fingerprint density at radius 1 is 0.927 bits per heavy atom. The molecule has 0 radical (unpaired) electrons. The van der Waals surface area contributed by atoms with E-state index in [9.17, 15) is 39.7 Å². The summed E-state index contributed by atoms with van der Waals surface area (Å²) < 4.78 is 166. The zero-order chi connectivity index (χ0) is 40.3. The number of halogens is 7. The summed E-state index contributed by atoms with van der Waals surface area (Å²) in [6.45, 7) is 1.16. The van der Waals surface area contributed by atoms with Gasteiger partial charge in [0, 0.05) is 30.4 Å². The third-order valence-corrected chi connectivity index (χ3v) is 14.4. The molecule has 0 fully saturated rings. The van der Waals surface area contributed by atoms with Crippen molar-refractivity contribution in [1.82, 2.24) is 13.6 Å². The maximum Gasteiger partial charge on any atom is 0.409 e. The molecule has 0 aliphatic carbocycles. The molecule has 0 N–H and O–H groups in total. The van der Waals surface area contributed by atoms with Gasteiger partial charge in [0.05, 0.1) is 18.8 Å². The number of ether oxygens (including phenoxy) is 1. The van der Waals surface area contributed by atoms with Crippen molar-refractivity contribution in [2.45, 2.75) is 60.2 Å². The van der Waals surface area contributed by atoms with E-state index in [0.717, 1.165) is 48.8 Å². The maximum atomic E-state index is 15.2. The first-order valence-corrected chi connectivity index (χ1v) is 20.2. The Kier molecular flexibility index (Phi) is 12.6. The third-order valence-electron chi connectivity index (χ3n) is 8.82. The van der Waals surface area contributed by atoms with Gasteiger partial charge in [-0.1, -0.05) is 49.4 Å². The summed E-state index contributed by atoms with van der Waals surface area (Å²) in [6.07, 6.45) is -7.44. The van der Waals surface area contributed by atoms with Gasteiger partial charge in [-0.3, -0.25) is 4.98 Å². The zero-order valence-corrected chi connectivity index (χ0v) is 31.6. The van der Waals surface area contributed by atoms with Crippen LogP contribution in [0.3, 0.4) is 0 Å². The van der Waals surface area contributed by atoms with Gasteiger partial charge in [-0.15, -0.1) is 11.3 Å². The number of aryl methyl sites for hydroxylation is 1. The van der Waals surface area contributed by atoms with E-state index in [1.54, 1.807) is 12.1 Å². The highest BCUT2D eigenvalue weighted by atomic mass is 32.2. The Labute approximate surface area is 317 Å². The molecular weight excluding hydrogens is 798 g/mol. The Morgan fingerprint density at radius 3 is 2.18 bits per heavy atom. The van der Waals surface area contributed by atoms with Gasteiger partial charge in [0.25, 0.3) is 10.0 Å². The number of benzene rings is 2. The second-order valence-electron chi connectivity index (χ2n) is 12.4. The van der Waals surface area contributed by atoms with Gasteiger partial charge in [0.2, 0.25) is 10.0 Å². The summed E-state index contributed by atoms with van der Waals surface area (Å²) in [7, 11) is -10.3. The number of nitriles is 1. The topological polar surface area (TPSA) is 121 Å². The van der Waals surface area contributed by atoms with Gasteiger partial charge < -0.3 is 4.74 Å². The molecular formula is C36H33F7N4O5S3. The van der Waals surface area contributed by atoms with Gasteiger partial charge in [-0.05, 0) is 71.9 Å². The van der Waals surface area contributed by atoms with Gasteiger partial charge in [0.15, 0.2) is 0 Å². The molecule has 0 spiro atoms. The number of hydrogen-bond donors (Lipinski definition) is 0. The summed E-state index contributed by atoms with van der Waals surface area (Å²) >= 11 is 0.599. The van der Waals surface area contributed by atoms with Crippen LogP contribution >= 0.6 is 11.3 Å². The zero-order valence-electron chi connectivity index (χ0n) is 29.1. The Balaban J connectivity index is 1.69. The van der Waals surface area contributed by atoms with E-state index in [1.807, 2.05) is 0 Å². The summed E-state index contributed by atoms with van der Waals surface area (Å²) in [6, 6.07) is 6.59. The molecule has 3 heterocycles. The van der Waals surface area contributed by atoms with Crippen LogP contribution in [0.2, 0.25) is 0 Å². The summed E-state index contributed by atoms with van der Waals surface area (Å²) in [4.78, 5) is 3.25. The first kappa shape index (κ1) is 42.0. The summed E-state index contributed by atoms with van der Waals surface area (Å²) in [5.41, 5.74) is -0.856. The molecule has 5 rings (SSSR count). The Bertz CT molecular complexity index is 2300. The highest BCUT2D eigenvalue weighted by molar-refractivity contribution is 7.91. The van der Waals surface area contributed by atoms with E-state index < -0.39 is 90.0 Å². The van der Waals surface area contributed by atoms with Crippen LogP contribution in [0.25, 0.3) is 5.57 Å². The van der Waals surface area contributed by atoms with E-state index in [0.29, 0.717) is 16.9 Å². The average Bonchev–Trinajstić information content (AvgIpc) is 3.58. The van der Waals surface area contributed by atoms with Crippen molar-refractivity contribution < 1.29 is 52.3 Å². The first-order chi connectivity index (χ1) is 25.8. The van der Waals surface area contributed by atoms with Gasteiger partial charge in [-0.25, -0.2) is 21.2 Å². The molecule has 0 bridgehead atoms. The molecule has 1 aliphatic heterocycles. The fourth-order valence-corrected chi connectivity index (χ4v) is 11.4. The van der Waals surface area contributed by atoms with Crippen molar-refractivity contribution >= 4 is 37.0 Å². The number of rotatable bonds is 13. The quantitative estimate of drug-likeness (QED) is 0.125. The number of nitrogens with zero attached hydrogens (tertiary/aromatic N) is 4. The predicted molar refractivity (Wildman–Crippen MR) is 189 cm³/mol. The lowest BCUT2D eigenvalue weighted by Crippen LogP contribution is -2.44. The monoisotopic (exact) mass is 830 g/mol. The van der Waals surface area contributed by atoms with Crippen LogP contribution < -0.4 is 0 Å². The highest BCUT2D eigenvalue weighted by Crippen LogP contribution is 2.45. The minimum absolute atomic E-state index is 0.0824.